The van der Waals surface area contributed by atoms with Crippen molar-refractivity contribution in [1.29, 1.82) is 0 Å². The normalized spacial score (nSPS) is 17.4. The van der Waals surface area contributed by atoms with Crippen LogP contribution in [0.1, 0.15) is 17.2 Å². The zero-order valence-corrected chi connectivity index (χ0v) is 13.5. The largest absolute Gasteiger partial charge is 0.497 e. The molecular formula is C19H16O3S. The summed E-state index contributed by atoms with van der Waals surface area (Å²) in [5, 5.41) is 0. The van der Waals surface area contributed by atoms with Crippen LogP contribution in [-0.4, -0.2) is 17.9 Å². The molecule has 116 valence electrons. The van der Waals surface area contributed by atoms with Crippen molar-refractivity contribution in [2.24, 2.45) is 0 Å². The van der Waals surface area contributed by atoms with Crippen LogP contribution in [0.2, 0.25) is 0 Å². The summed E-state index contributed by atoms with van der Waals surface area (Å²) >= 11 is 5.24. The number of cyclic esters (lactones) is 1. The predicted octanol–water partition coefficient (Wildman–Crippen LogP) is 3.83. The third-order valence-corrected chi connectivity index (χ3v) is 4.15. The Bertz CT molecular complexity index is 765. The summed E-state index contributed by atoms with van der Waals surface area (Å²) in [5.74, 6) is 0.348. The molecule has 0 spiro atoms. The lowest BCUT2D eigenvalue weighted by molar-refractivity contribution is -0.139. The molecule has 23 heavy (non-hydrogen) atoms. The fourth-order valence-corrected chi connectivity index (χ4v) is 2.73. The van der Waals surface area contributed by atoms with Gasteiger partial charge in [-0.25, -0.2) is 4.79 Å². The Morgan fingerprint density at radius 2 is 1.91 bits per heavy atom. The lowest BCUT2D eigenvalue weighted by Crippen LogP contribution is -2.26. The number of esters is 1. The van der Waals surface area contributed by atoms with Crippen molar-refractivity contribution in [1.82, 2.24) is 0 Å². The van der Waals surface area contributed by atoms with Gasteiger partial charge in [-0.3, -0.25) is 0 Å². The van der Waals surface area contributed by atoms with Crippen LogP contribution in [-0.2, 0) is 16.0 Å². The Kier molecular flexibility index (Phi) is 4.53. The lowest BCUT2D eigenvalue weighted by atomic mass is 9.96. The third-order valence-electron chi connectivity index (χ3n) is 3.72. The van der Waals surface area contributed by atoms with Gasteiger partial charge in [0.25, 0.3) is 0 Å². The van der Waals surface area contributed by atoms with E-state index in [1.807, 2.05) is 60.7 Å². The fourth-order valence-electron chi connectivity index (χ4n) is 2.54. The maximum absolute atomic E-state index is 12.1. The first-order chi connectivity index (χ1) is 11.2. The fraction of sp³-hybridized carbons (Fsp3) is 0.158. The molecular weight excluding hydrogens is 308 g/mol. The topological polar surface area (TPSA) is 35.5 Å². The molecule has 0 bridgehead atoms. The Morgan fingerprint density at radius 1 is 1.13 bits per heavy atom. The molecule has 2 aromatic rings. The van der Waals surface area contributed by atoms with Crippen LogP contribution >= 0.6 is 12.2 Å². The SMILES string of the molecule is COc1cccc(CC2=CC(c3ccccc3)OC(=O)C2=S)c1. The highest BCUT2D eigenvalue weighted by atomic mass is 32.1. The molecule has 0 radical (unpaired) electrons. The van der Waals surface area contributed by atoms with Crippen LogP contribution in [0.25, 0.3) is 0 Å². The first kappa shape index (κ1) is 15.4. The molecule has 0 N–H and O–H groups in total. The van der Waals surface area contributed by atoms with E-state index in [1.165, 1.54) is 0 Å². The standard InChI is InChI=1S/C19H16O3S/c1-21-16-9-5-6-13(11-16)10-15-12-17(22-19(20)18(15)23)14-7-3-2-4-8-14/h2-9,11-12,17H,10H2,1H3. The number of carbonyl (C=O) groups is 1. The summed E-state index contributed by atoms with van der Waals surface area (Å²) in [6.07, 6.45) is 2.11. The van der Waals surface area contributed by atoms with Gasteiger partial charge in [0, 0.05) is 0 Å². The van der Waals surface area contributed by atoms with Gasteiger partial charge in [0.05, 0.1) is 7.11 Å². The van der Waals surface area contributed by atoms with E-state index < -0.39 is 12.1 Å². The average molecular weight is 324 g/mol. The Balaban J connectivity index is 1.90. The number of benzene rings is 2. The minimum absolute atomic E-state index is 0.250. The summed E-state index contributed by atoms with van der Waals surface area (Å²) in [5.41, 5.74) is 2.80. The molecule has 0 saturated heterocycles. The number of ether oxygens (including phenoxy) is 2. The molecule has 1 atom stereocenters. The van der Waals surface area contributed by atoms with Crippen LogP contribution in [0.15, 0.2) is 66.2 Å². The quantitative estimate of drug-likeness (QED) is 0.632. The minimum atomic E-state index is -0.436. The molecule has 0 aliphatic carbocycles. The van der Waals surface area contributed by atoms with Crippen molar-refractivity contribution in [3.05, 3.63) is 77.4 Å². The smallest absolute Gasteiger partial charge is 0.350 e. The number of hydrogen-bond acceptors (Lipinski definition) is 4. The first-order valence-electron chi connectivity index (χ1n) is 7.31. The first-order valence-corrected chi connectivity index (χ1v) is 7.72. The average Bonchev–Trinajstić information content (AvgIpc) is 2.59. The second-order valence-electron chi connectivity index (χ2n) is 5.29. The van der Waals surface area contributed by atoms with Crippen molar-refractivity contribution >= 4 is 23.1 Å². The van der Waals surface area contributed by atoms with E-state index in [0.29, 0.717) is 6.42 Å². The molecule has 3 nitrogen and oxygen atoms in total. The second-order valence-corrected chi connectivity index (χ2v) is 5.69. The zero-order valence-electron chi connectivity index (χ0n) is 12.7. The maximum Gasteiger partial charge on any atom is 0.350 e. The highest BCUT2D eigenvalue weighted by Gasteiger charge is 2.27. The lowest BCUT2D eigenvalue weighted by Gasteiger charge is -2.22. The van der Waals surface area contributed by atoms with E-state index in [2.05, 4.69) is 0 Å². The van der Waals surface area contributed by atoms with E-state index in [9.17, 15) is 4.79 Å². The van der Waals surface area contributed by atoms with Crippen molar-refractivity contribution in [3.8, 4) is 5.75 Å². The van der Waals surface area contributed by atoms with Crippen LogP contribution in [0.5, 0.6) is 5.75 Å². The van der Waals surface area contributed by atoms with Crippen LogP contribution < -0.4 is 4.74 Å². The van der Waals surface area contributed by atoms with E-state index >= 15 is 0 Å². The van der Waals surface area contributed by atoms with E-state index in [4.69, 9.17) is 21.7 Å². The van der Waals surface area contributed by atoms with Crippen molar-refractivity contribution < 1.29 is 14.3 Å². The summed E-state index contributed by atoms with van der Waals surface area (Å²) in [4.78, 5) is 12.3. The molecule has 0 fully saturated rings. The van der Waals surface area contributed by atoms with Gasteiger partial charge in [-0.2, -0.15) is 0 Å². The summed E-state index contributed by atoms with van der Waals surface area (Å²) in [7, 11) is 1.63. The zero-order chi connectivity index (χ0) is 16.2. The molecule has 1 heterocycles. The van der Waals surface area contributed by atoms with Crippen molar-refractivity contribution in [3.63, 3.8) is 0 Å². The highest BCUT2D eigenvalue weighted by Crippen LogP contribution is 2.28. The molecule has 2 aromatic carbocycles. The van der Waals surface area contributed by atoms with Gasteiger partial charge in [-0.05, 0) is 41.3 Å². The van der Waals surface area contributed by atoms with Gasteiger partial charge in [0.1, 0.15) is 16.7 Å². The van der Waals surface area contributed by atoms with Gasteiger partial charge in [-0.1, -0.05) is 54.7 Å². The van der Waals surface area contributed by atoms with Crippen LogP contribution in [0, 0.1) is 0 Å². The molecule has 1 unspecified atom stereocenters. The Hall–Kier alpha value is -2.46. The summed E-state index contributed by atoms with van der Waals surface area (Å²) in [6.45, 7) is 0. The Morgan fingerprint density at radius 3 is 2.65 bits per heavy atom. The maximum atomic E-state index is 12.1. The minimum Gasteiger partial charge on any atom is -0.497 e. The van der Waals surface area contributed by atoms with Crippen LogP contribution in [0.4, 0.5) is 0 Å². The molecule has 0 amide bonds. The number of rotatable bonds is 4. The van der Waals surface area contributed by atoms with Gasteiger partial charge >= 0.3 is 5.97 Å². The summed E-state index contributed by atoms with van der Waals surface area (Å²) < 4.78 is 10.7. The van der Waals surface area contributed by atoms with Crippen molar-refractivity contribution in [2.45, 2.75) is 12.5 Å². The van der Waals surface area contributed by atoms with Gasteiger partial charge < -0.3 is 9.47 Å². The third kappa shape index (κ3) is 3.48. The summed E-state index contributed by atoms with van der Waals surface area (Å²) in [6, 6.07) is 17.4. The Labute approximate surface area is 140 Å². The monoisotopic (exact) mass is 324 g/mol. The highest BCUT2D eigenvalue weighted by molar-refractivity contribution is 7.82. The second kappa shape index (κ2) is 6.75. The van der Waals surface area contributed by atoms with Gasteiger partial charge in [0.2, 0.25) is 0 Å². The number of thiocarbonyl (C=S) groups is 1. The molecule has 3 rings (SSSR count). The predicted molar refractivity (Wildman–Crippen MR) is 92.7 cm³/mol. The van der Waals surface area contributed by atoms with E-state index in [-0.39, 0.29) is 4.86 Å². The molecule has 4 heteroatoms. The van der Waals surface area contributed by atoms with Gasteiger partial charge in [0.15, 0.2) is 0 Å². The van der Waals surface area contributed by atoms with Crippen LogP contribution in [0.3, 0.4) is 0 Å². The number of methoxy groups -OCH3 is 1. The van der Waals surface area contributed by atoms with E-state index in [0.717, 1.165) is 22.4 Å². The van der Waals surface area contributed by atoms with E-state index in [1.54, 1.807) is 7.11 Å². The molecule has 1 aliphatic heterocycles. The molecule has 1 aliphatic rings. The van der Waals surface area contributed by atoms with Crippen molar-refractivity contribution in [2.75, 3.05) is 7.11 Å². The molecule has 0 saturated carbocycles. The number of carbonyl (C=O) groups excluding carboxylic acids is 1. The molecule has 0 aromatic heterocycles. The van der Waals surface area contributed by atoms with Gasteiger partial charge in [-0.15, -0.1) is 0 Å². The number of hydrogen-bond donors (Lipinski definition) is 0.